The number of hydrogen-bond donors (Lipinski definition) is 0. The van der Waals surface area contributed by atoms with Gasteiger partial charge in [0.2, 0.25) is 0 Å². The number of methoxy groups -OCH3 is 1. The van der Waals surface area contributed by atoms with Gasteiger partial charge in [-0.3, -0.25) is 0 Å². The van der Waals surface area contributed by atoms with Crippen molar-refractivity contribution in [3.05, 3.63) is 94.5 Å². The molecule has 0 saturated heterocycles. The van der Waals surface area contributed by atoms with Crippen molar-refractivity contribution in [1.82, 2.24) is 0 Å². The number of rotatable bonds is 7. The molecule has 0 radical (unpaired) electrons. The Labute approximate surface area is 173 Å². The third-order valence-corrected chi connectivity index (χ3v) is 7.10. The van der Waals surface area contributed by atoms with E-state index in [0.29, 0.717) is 17.2 Å². The lowest BCUT2D eigenvalue weighted by Gasteiger charge is -2.19. The number of halogens is 3. The van der Waals surface area contributed by atoms with Crippen LogP contribution in [-0.2, 0) is 16.3 Å². The van der Waals surface area contributed by atoms with Gasteiger partial charge in [-0.15, -0.1) is 0 Å². The van der Waals surface area contributed by atoms with Crippen molar-refractivity contribution in [2.75, 3.05) is 7.11 Å². The van der Waals surface area contributed by atoms with Crippen molar-refractivity contribution in [2.24, 2.45) is 0 Å². The summed E-state index contributed by atoms with van der Waals surface area (Å²) in [7, 11) is -2.43. The van der Waals surface area contributed by atoms with E-state index in [0.717, 1.165) is 23.8 Å². The molecule has 1 atom stereocenters. The molecule has 7 heteroatoms. The molecular formula is C22H19ClF2O3S. The van der Waals surface area contributed by atoms with E-state index in [1.165, 1.54) is 24.3 Å². The Bertz CT molecular complexity index is 1080. The first kappa shape index (κ1) is 21.3. The summed E-state index contributed by atoms with van der Waals surface area (Å²) in [6.07, 6.45) is 0.440. The van der Waals surface area contributed by atoms with Crippen LogP contribution in [0.4, 0.5) is 8.78 Å². The van der Waals surface area contributed by atoms with E-state index in [4.69, 9.17) is 16.3 Å². The zero-order valence-corrected chi connectivity index (χ0v) is 17.2. The van der Waals surface area contributed by atoms with Gasteiger partial charge in [-0.05, 0) is 73.0 Å². The Morgan fingerprint density at radius 2 is 1.62 bits per heavy atom. The largest absolute Gasteiger partial charge is 0.497 e. The summed E-state index contributed by atoms with van der Waals surface area (Å²) >= 11 is 5.86. The van der Waals surface area contributed by atoms with E-state index >= 15 is 0 Å². The van der Waals surface area contributed by atoms with Crippen molar-refractivity contribution in [2.45, 2.75) is 23.0 Å². The third-order valence-electron chi connectivity index (χ3n) is 4.68. The van der Waals surface area contributed by atoms with Crippen molar-refractivity contribution in [3.63, 3.8) is 0 Å². The minimum atomic E-state index is -3.98. The van der Waals surface area contributed by atoms with Gasteiger partial charge in [0.25, 0.3) is 0 Å². The molecule has 0 aliphatic carbocycles. The summed E-state index contributed by atoms with van der Waals surface area (Å²) in [5.41, 5.74) is 0.673. The standard InChI is InChI=1S/C22H19ClF2O3S/c1-28-18-8-2-15(3-9-18)4-13-22(20-14-17(24)7-12-21(20)25)29(26,27)19-10-5-16(23)6-11-19/h2-3,5-12,14,22H,4,13H2,1H3. The van der Waals surface area contributed by atoms with Crippen LogP contribution in [0.1, 0.15) is 22.8 Å². The van der Waals surface area contributed by atoms with E-state index in [-0.39, 0.29) is 16.9 Å². The van der Waals surface area contributed by atoms with Gasteiger partial charge in [-0.25, -0.2) is 17.2 Å². The van der Waals surface area contributed by atoms with Crippen LogP contribution >= 0.6 is 11.6 Å². The van der Waals surface area contributed by atoms with Crippen molar-refractivity contribution >= 4 is 21.4 Å². The Kier molecular flexibility index (Phi) is 6.55. The summed E-state index contributed by atoms with van der Waals surface area (Å²) in [4.78, 5) is 0.00490. The summed E-state index contributed by atoms with van der Waals surface area (Å²) in [6.45, 7) is 0. The van der Waals surface area contributed by atoms with Crippen LogP contribution in [0, 0.1) is 11.6 Å². The number of sulfone groups is 1. The summed E-state index contributed by atoms with van der Waals surface area (Å²) in [5, 5.41) is -0.864. The predicted octanol–water partition coefficient (Wildman–Crippen LogP) is 5.77. The fourth-order valence-corrected chi connectivity index (χ4v) is 5.03. The zero-order chi connectivity index (χ0) is 21.0. The first-order valence-electron chi connectivity index (χ1n) is 8.88. The maximum atomic E-state index is 14.5. The summed E-state index contributed by atoms with van der Waals surface area (Å²) < 4.78 is 60.0. The number of hydrogen-bond acceptors (Lipinski definition) is 3. The van der Waals surface area contributed by atoms with Gasteiger partial charge in [0.1, 0.15) is 17.4 Å². The zero-order valence-electron chi connectivity index (χ0n) is 15.6. The summed E-state index contributed by atoms with van der Waals surface area (Å²) in [6, 6.07) is 15.7. The molecule has 0 N–H and O–H groups in total. The van der Waals surface area contributed by atoms with Crippen molar-refractivity contribution < 1.29 is 21.9 Å². The molecule has 152 valence electrons. The van der Waals surface area contributed by atoms with Crippen molar-refractivity contribution in [1.29, 1.82) is 0 Å². The molecule has 3 aromatic rings. The smallest absolute Gasteiger partial charge is 0.185 e. The first-order chi connectivity index (χ1) is 13.8. The Balaban J connectivity index is 1.99. The second-order valence-corrected chi connectivity index (χ2v) is 9.11. The van der Waals surface area contributed by atoms with E-state index in [9.17, 15) is 17.2 Å². The highest BCUT2D eigenvalue weighted by Gasteiger charge is 2.31. The van der Waals surface area contributed by atoms with Crippen LogP contribution in [0.3, 0.4) is 0 Å². The second kappa shape index (κ2) is 8.93. The fraction of sp³-hybridized carbons (Fsp3) is 0.182. The van der Waals surface area contributed by atoms with Crippen LogP contribution < -0.4 is 4.74 Å². The highest BCUT2D eigenvalue weighted by atomic mass is 35.5. The quantitative estimate of drug-likeness (QED) is 0.472. The molecule has 0 amide bonds. The van der Waals surface area contributed by atoms with Crippen LogP contribution in [0.2, 0.25) is 5.02 Å². The monoisotopic (exact) mass is 436 g/mol. The molecule has 0 aliphatic heterocycles. The lowest BCUT2D eigenvalue weighted by atomic mass is 10.0. The second-order valence-electron chi connectivity index (χ2n) is 6.54. The highest BCUT2D eigenvalue weighted by Crippen LogP contribution is 2.35. The van der Waals surface area contributed by atoms with Gasteiger partial charge in [-0.1, -0.05) is 23.7 Å². The van der Waals surface area contributed by atoms with Crippen molar-refractivity contribution in [3.8, 4) is 5.75 Å². The Hall–Kier alpha value is -2.44. The first-order valence-corrected chi connectivity index (χ1v) is 10.8. The van der Waals surface area contributed by atoms with Gasteiger partial charge in [0, 0.05) is 10.6 Å². The minimum absolute atomic E-state index is 0.00490. The van der Waals surface area contributed by atoms with E-state index in [2.05, 4.69) is 0 Å². The molecule has 0 saturated carbocycles. The molecule has 3 rings (SSSR count). The van der Waals surface area contributed by atoms with Gasteiger partial charge in [0.05, 0.1) is 17.3 Å². The van der Waals surface area contributed by atoms with Gasteiger partial charge < -0.3 is 4.74 Å². The Morgan fingerprint density at radius 1 is 0.966 bits per heavy atom. The predicted molar refractivity (Wildman–Crippen MR) is 109 cm³/mol. The van der Waals surface area contributed by atoms with E-state index < -0.39 is 26.7 Å². The molecule has 0 fully saturated rings. The average molecular weight is 437 g/mol. The number of aryl methyl sites for hydroxylation is 1. The maximum absolute atomic E-state index is 14.5. The van der Waals surface area contributed by atoms with E-state index in [1.807, 2.05) is 12.1 Å². The molecule has 3 nitrogen and oxygen atoms in total. The third kappa shape index (κ3) is 4.95. The highest BCUT2D eigenvalue weighted by molar-refractivity contribution is 7.91. The molecule has 0 aliphatic rings. The molecule has 0 bridgehead atoms. The normalized spacial score (nSPS) is 12.6. The van der Waals surface area contributed by atoms with Gasteiger partial charge in [-0.2, -0.15) is 0 Å². The van der Waals surface area contributed by atoms with Gasteiger partial charge >= 0.3 is 0 Å². The maximum Gasteiger partial charge on any atom is 0.185 e. The lowest BCUT2D eigenvalue weighted by Crippen LogP contribution is -2.16. The fourth-order valence-electron chi connectivity index (χ4n) is 3.12. The van der Waals surface area contributed by atoms with Crippen LogP contribution in [0.25, 0.3) is 0 Å². The van der Waals surface area contributed by atoms with Crippen LogP contribution in [-0.4, -0.2) is 15.5 Å². The Morgan fingerprint density at radius 3 is 2.24 bits per heavy atom. The summed E-state index contributed by atoms with van der Waals surface area (Å²) in [5.74, 6) is -0.777. The minimum Gasteiger partial charge on any atom is -0.497 e. The lowest BCUT2D eigenvalue weighted by molar-refractivity contribution is 0.414. The molecule has 3 aromatic carbocycles. The van der Waals surface area contributed by atoms with E-state index in [1.54, 1.807) is 19.2 Å². The van der Waals surface area contributed by atoms with Crippen LogP contribution in [0.15, 0.2) is 71.6 Å². The molecule has 29 heavy (non-hydrogen) atoms. The molecule has 0 heterocycles. The molecule has 0 spiro atoms. The number of benzene rings is 3. The van der Waals surface area contributed by atoms with Gasteiger partial charge in [0.15, 0.2) is 9.84 Å². The number of ether oxygens (including phenoxy) is 1. The molecule has 1 unspecified atom stereocenters. The topological polar surface area (TPSA) is 43.4 Å². The SMILES string of the molecule is COc1ccc(CCC(c2cc(F)ccc2F)S(=O)(=O)c2ccc(Cl)cc2)cc1. The average Bonchev–Trinajstić information content (AvgIpc) is 2.71. The molecular weight excluding hydrogens is 418 g/mol. The van der Waals surface area contributed by atoms with Crippen LogP contribution in [0.5, 0.6) is 5.75 Å². The molecule has 0 aromatic heterocycles.